The number of carboxylic acids is 1. The standard InChI is InChI=1S/C9H8BrNO4/c10-5-1-2-6(9(13)14)7(3-5)15-4-8(11)12/h1-3H,4H2,(H2,11,12)(H,13,14). The van der Waals surface area contributed by atoms with Crippen LogP contribution < -0.4 is 10.5 Å². The van der Waals surface area contributed by atoms with Gasteiger partial charge in [0.25, 0.3) is 5.91 Å². The van der Waals surface area contributed by atoms with E-state index < -0.39 is 11.9 Å². The number of benzene rings is 1. The molecule has 0 saturated carbocycles. The van der Waals surface area contributed by atoms with Crippen LogP contribution in [0.5, 0.6) is 5.75 Å². The molecule has 0 unspecified atom stereocenters. The lowest BCUT2D eigenvalue weighted by atomic mass is 10.2. The summed E-state index contributed by atoms with van der Waals surface area (Å²) in [6, 6.07) is 4.41. The van der Waals surface area contributed by atoms with Gasteiger partial charge in [-0.25, -0.2) is 4.79 Å². The van der Waals surface area contributed by atoms with Crippen molar-refractivity contribution < 1.29 is 19.4 Å². The number of rotatable bonds is 4. The predicted molar refractivity (Wildman–Crippen MR) is 55.8 cm³/mol. The zero-order chi connectivity index (χ0) is 11.4. The fourth-order valence-corrected chi connectivity index (χ4v) is 1.28. The molecule has 5 nitrogen and oxygen atoms in total. The Hall–Kier alpha value is -1.56. The third-order valence-electron chi connectivity index (χ3n) is 1.54. The molecule has 1 aromatic rings. The average molecular weight is 274 g/mol. The highest BCUT2D eigenvalue weighted by atomic mass is 79.9. The summed E-state index contributed by atoms with van der Waals surface area (Å²) >= 11 is 3.16. The van der Waals surface area contributed by atoms with Crippen molar-refractivity contribution in [1.82, 2.24) is 0 Å². The van der Waals surface area contributed by atoms with Crippen LogP contribution in [0.3, 0.4) is 0 Å². The molecule has 0 atom stereocenters. The summed E-state index contributed by atoms with van der Waals surface area (Å²) in [5.74, 6) is -1.68. The Kier molecular flexibility index (Phi) is 3.68. The van der Waals surface area contributed by atoms with Gasteiger partial charge in [0.2, 0.25) is 0 Å². The van der Waals surface area contributed by atoms with Gasteiger partial charge in [-0.3, -0.25) is 4.79 Å². The SMILES string of the molecule is NC(=O)COc1cc(Br)ccc1C(=O)O. The fraction of sp³-hybridized carbons (Fsp3) is 0.111. The lowest BCUT2D eigenvalue weighted by Gasteiger charge is -2.07. The van der Waals surface area contributed by atoms with E-state index in [9.17, 15) is 9.59 Å². The van der Waals surface area contributed by atoms with Gasteiger partial charge in [0.15, 0.2) is 6.61 Å². The number of carboxylic acid groups (broad SMARTS) is 1. The quantitative estimate of drug-likeness (QED) is 0.857. The van der Waals surface area contributed by atoms with Crippen LogP contribution in [0.1, 0.15) is 10.4 Å². The predicted octanol–water partition coefficient (Wildman–Crippen LogP) is 1.01. The fourth-order valence-electron chi connectivity index (χ4n) is 0.941. The molecule has 0 aliphatic rings. The second-order valence-corrected chi connectivity index (χ2v) is 3.62. The van der Waals surface area contributed by atoms with Gasteiger partial charge in [-0.05, 0) is 18.2 Å². The van der Waals surface area contributed by atoms with E-state index in [2.05, 4.69) is 15.9 Å². The van der Waals surface area contributed by atoms with Gasteiger partial charge >= 0.3 is 5.97 Å². The molecule has 0 aliphatic heterocycles. The minimum atomic E-state index is -1.12. The first kappa shape index (κ1) is 11.5. The Labute approximate surface area is 94.0 Å². The summed E-state index contributed by atoms with van der Waals surface area (Å²) in [5, 5.41) is 8.81. The summed E-state index contributed by atoms with van der Waals surface area (Å²) in [6.45, 7) is -0.350. The van der Waals surface area contributed by atoms with E-state index in [1.807, 2.05) is 0 Å². The van der Waals surface area contributed by atoms with E-state index in [1.54, 1.807) is 6.07 Å². The molecule has 0 radical (unpaired) electrons. The van der Waals surface area contributed by atoms with Crippen LogP contribution in [0, 0.1) is 0 Å². The topological polar surface area (TPSA) is 89.6 Å². The Morgan fingerprint density at radius 1 is 1.47 bits per heavy atom. The van der Waals surface area contributed by atoms with Crippen molar-refractivity contribution in [3.05, 3.63) is 28.2 Å². The van der Waals surface area contributed by atoms with E-state index in [0.29, 0.717) is 4.47 Å². The van der Waals surface area contributed by atoms with Gasteiger partial charge in [0, 0.05) is 4.47 Å². The Morgan fingerprint density at radius 3 is 2.67 bits per heavy atom. The number of hydrogen-bond donors (Lipinski definition) is 2. The van der Waals surface area contributed by atoms with Gasteiger partial charge in [-0.1, -0.05) is 15.9 Å². The summed E-state index contributed by atoms with van der Waals surface area (Å²) in [5.41, 5.74) is 4.87. The summed E-state index contributed by atoms with van der Waals surface area (Å²) < 4.78 is 5.61. The number of primary amides is 1. The molecular weight excluding hydrogens is 266 g/mol. The van der Waals surface area contributed by atoms with Crippen molar-refractivity contribution in [2.75, 3.05) is 6.61 Å². The maximum atomic E-state index is 10.8. The molecule has 0 saturated heterocycles. The second kappa shape index (κ2) is 4.79. The highest BCUT2D eigenvalue weighted by Crippen LogP contribution is 2.23. The number of halogens is 1. The van der Waals surface area contributed by atoms with Crippen molar-refractivity contribution in [2.24, 2.45) is 5.73 Å². The largest absolute Gasteiger partial charge is 0.483 e. The van der Waals surface area contributed by atoms with Crippen LogP contribution in [0.15, 0.2) is 22.7 Å². The number of carbonyl (C=O) groups is 2. The monoisotopic (exact) mass is 273 g/mol. The number of hydrogen-bond acceptors (Lipinski definition) is 3. The van der Waals surface area contributed by atoms with Crippen molar-refractivity contribution >= 4 is 27.8 Å². The lowest BCUT2D eigenvalue weighted by Crippen LogP contribution is -2.20. The molecule has 15 heavy (non-hydrogen) atoms. The van der Waals surface area contributed by atoms with Crippen LogP contribution in [-0.4, -0.2) is 23.6 Å². The van der Waals surface area contributed by atoms with Crippen molar-refractivity contribution in [2.45, 2.75) is 0 Å². The van der Waals surface area contributed by atoms with E-state index in [4.69, 9.17) is 15.6 Å². The maximum absolute atomic E-state index is 10.8. The first-order valence-corrected chi connectivity index (χ1v) is 4.74. The minimum Gasteiger partial charge on any atom is -0.483 e. The first-order valence-electron chi connectivity index (χ1n) is 3.94. The molecule has 1 aromatic carbocycles. The Bertz CT molecular complexity index is 405. The molecular formula is C9H8BrNO4. The minimum absolute atomic E-state index is 0.0144. The third kappa shape index (κ3) is 3.25. The van der Waals surface area contributed by atoms with Crippen LogP contribution in [0.2, 0.25) is 0 Å². The van der Waals surface area contributed by atoms with Gasteiger partial charge in [0.1, 0.15) is 11.3 Å². The highest BCUT2D eigenvalue weighted by molar-refractivity contribution is 9.10. The number of ether oxygens (including phenoxy) is 1. The zero-order valence-electron chi connectivity index (χ0n) is 7.57. The number of aromatic carboxylic acids is 1. The van der Waals surface area contributed by atoms with Crippen molar-refractivity contribution in [3.63, 3.8) is 0 Å². The van der Waals surface area contributed by atoms with Crippen LogP contribution in [0.4, 0.5) is 0 Å². The molecule has 3 N–H and O–H groups in total. The molecule has 1 amide bonds. The molecule has 0 spiro atoms. The number of nitrogens with two attached hydrogens (primary N) is 1. The van der Waals surface area contributed by atoms with E-state index in [1.165, 1.54) is 12.1 Å². The van der Waals surface area contributed by atoms with Crippen LogP contribution in [-0.2, 0) is 4.79 Å². The Balaban J connectivity index is 2.96. The molecule has 6 heteroatoms. The summed E-state index contributed by atoms with van der Waals surface area (Å²) in [6.07, 6.45) is 0. The molecule has 0 heterocycles. The third-order valence-corrected chi connectivity index (χ3v) is 2.04. The average Bonchev–Trinajstić information content (AvgIpc) is 2.14. The van der Waals surface area contributed by atoms with Gasteiger partial charge in [0.05, 0.1) is 0 Å². The second-order valence-electron chi connectivity index (χ2n) is 2.70. The maximum Gasteiger partial charge on any atom is 0.339 e. The number of carbonyl (C=O) groups excluding carboxylic acids is 1. The molecule has 0 fully saturated rings. The van der Waals surface area contributed by atoms with Crippen molar-refractivity contribution in [3.8, 4) is 5.75 Å². The van der Waals surface area contributed by atoms with Crippen LogP contribution in [0.25, 0.3) is 0 Å². The zero-order valence-corrected chi connectivity index (χ0v) is 9.15. The number of amides is 1. The molecule has 0 aliphatic carbocycles. The van der Waals surface area contributed by atoms with Gasteiger partial charge < -0.3 is 15.6 Å². The Morgan fingerprint density at radius 2 is 2.13 bits per heavy atom. The molecule has 0 aromatic heterocycles. The first-order chi connectivity index (χ1) is 7.00. The summed E-state index contributed by atoms with van der Waals surface area (Å²) in [7, 11) is 0. The highest BCUT2D eigenvalue weighted by Gasteiger charge is 2.12. The normalized spacial score (nSPS) is 9.67. The smallest absolute Gasteiger partial charge is 0.339 e. The van der Waals surface area contributed by atoms with E-state index in [0.717, 1.165) is 0 Å². The molecule has 0 bridgehead atoms. The van der Waals surface area contributed by atoms with E-state index >= 15 is 0 Å². The van der Waals surface area contributed by atoms with E-state index in [-0.39, 0.29) is 17.9 Å². The molecule has 80 valence electrons. The van der Waals surface area contributed by atoms with Crippen molar-refractivity contribution in [1.29, 1.82) is 0 Å². The van der Waals surface area contributed by atoms with Crippen LogP contribution >= 0.6 is 15.9 Å². The molecule has 1 rings (SSSR count). The lowest BCUT2D eigenvalue weighted by molar-refractivity contribution is -0.119. The summed E-state index contributed by atoms with van der Waals surface area (Å²) in [4.78, 5) is 21.2. The van der Waals surface area contributed by atoms with Gasteiger partial charge in [-0.2, -0.15) is 0 Å². The van der Waals surface area contributed by atoms with Gasteiger partial charge in [-0.15, -0.1) is 0 Å².